The molecule has 0 saturated carbocycles. The molecule has 1 aromatic carbocycles. The minimum atomic E-state index is -1.73. The van der Waals surface area contributed by atoms with Crippen LogP contribution in [0.1, 0.15) is 19.4 Å². The first-order valence-corrected chi connectivity index (χ1v) is 4.71. The molecule has 1 rings (SSSR count). The number of hydrogen-bond donors (Lipinski definition) is 3. The van der Waals surface area contributed by atoms with E-state index in [0.717, 1.165) is 0 Å². The molecular formula is C11H15NO3. The number of hydrogen-bond acceptors (Lipinski definition) is 3. The lowest BCUT2D eigenvalue weighted by Crippen LogP contribution is -2.52. The molecule has 4 heteroatoms. The van der Waals surface area contributed by atoms with Crippen molar-refractivity contribution < 1.29 is 15.0 Å². The lowest BCUT2D eigenvalue weighted by molar-refractivity contribution is -0.139. The van der Waals surface area contributed by atoms with E-state index in [1.54, 1.807) is 30.3 Å². The summed E-state index contributed by atoms with van der Waals surface area (Å²) in [6.45, 7) is 2.71. The molecule has 3 N–H and O–H groups in total. The van der Waals surface area contributed by atoms with Crippen LogP contribution in [0.25, 0.3) is 0 Å². The van der Waals surface area contributed by atoms with Crippen LogP contribution in [0.15, 0.2) is 30.3 Å². The van der Waals surface area contributed by atoms with E-state index in [9.17, 15) is 15.0 Å². The summed E-state index contributed by atoms with van der Waals surface area (Å²) < 4.78 is 0. The third-order valence-corrected chi connectivity index (χ3v) is 2.19. The Morgan fingerprint density at radius 1 is 1.40 bits per heavy atom. The number of carbonyl (C=O) groups excluding carboxylic acids is 1. The first kappa shape index (κ1) is 11.7. The Morgan fingerprint density at radius 3 is 2.33 bits per heavy atom. The molecule has 0 radical (unpaired) electrons. The van der Waals surface area contributed by atoms with E-state index in [0.29, 0.717) is 5.56 Å². The van der Waals surface area contributed by atoms with Gasteiger partial charge in [0.1, 0.15) is 6.10 Å². The van der Waals surface area contributed by atoms with Gasteiger partial charge in [0.15, 0.2) is 5.72 Å². The van der Waals surface area contributed by atoms with Crippen LogP contribution < -0.4 is 5.32 Å². The maximum Gasteiger partial charge on any atom is 0.219 e. The molecule has 0 fully saturated rings. The van der Waals surface area contributed by atoms with Gasteiger partial charge in [0, 0.05) is 12.5 Å². The van der Waals surface area contributed by atoms with Gasteiger partial charge in [-0.3, -0.25) is 4.79 Å². The lowest BCUT2D eigenvalue weighted by atomic mass is 9.98. The third kappa shape index (κ3) is 2.55. The summed E-state index contributed by atoms with van der Waals surface area (Å²) >= 11 is 0. The van der Waals surface area contributed by atoms with Gasteiger partial charge in [0.25, 0.3) is 0 Å². The summed E-state index contributed by atoms with van der Waals surface area (Å²) in [4.78, 5) is 11.0. The van der Waals surface area contributed by atoms with Gasteiger partial charge in [-0.05, 0) is 6.92 Å². The molecule has 0 heterocycles. The van der Waals surface area contributed by atoms with E-state index in [1.165, 1.54) is 13.8 Å². The molecule has 0 aliphatic carbocycles. The van der Waals surface area contributed by atoms with E-state index in [1.807, 2.05) is 0 Å². The summed E-state index contributed by atoms with van der Waals surface area (Å²) in [6.07, 6.45) is -1.09. The normalized spacial score (nSPS) is 16.5. The highest BCUT2D eigenvalue weighted by atomic mass is 16.4. The second-order valence-electron chi connectivity index (χ2n) is 3.49. The van der Waals surface area contributed by atoms with Crippen molar-refractivity contribution in [3.8, 4) is 0 Å². The van der Waals surface area contributed by atoms with Crippen LogP contribution in [0.4, 0.5) is 0 Å². The highest BCUT2D eigenvalue weighted by Gasteiger charge is 2.35. The van der Waals surface area contributed by atoms with Gasteiger partial charge in [0.05, 0.1) is 0 Å². The van der Waals surface area contributed by atoms with Crippen LogP contribution in [-0.4, -0.2) is 22.2 Å². The predicted molar refractivity (Wildman–Crippen MR) is 55.8 cm³/mol. The van der Waals surface area contributed by atoms with Crippen LogP contribution in [-0.2, 0) is 10.5 Å². The minimum absolute atomic E-state index is 0.401. The second-order valence-corrected chi connectivity index (χ2v) is 3.49. The fourth-order valence-electron chi connectivity index (χ4n) is 1.38. The number of amides is 1. The number of rotatable bonds is 3. The molecule has 0 saturated heterocycles. The molecular weight excluding hydrogens is 194 g/mol. The summed E-state index contributed by atoms with van der Waals surface area (Å²) in [6, 6.07) is 8.53. The molecule has 4 nitrogen and oxygen atoms in total. The molecule has 0 aromatic heterocycles. The largest absolute Gasteiger partial charge is 0.388 e. The highest BCUT2D eigenvalue weighted by molar-refractivity contribution is 5.74. The molecule has 2 atom stereocenters. The van der Waals surface area contributed by atoms with Crippen LogP contribution in [0, 0.1) is 0 Å². The van der Waals surface area contributed by atoms with Gasteiger partial charge in [-0.25, -0.2) is 0 Å². The molecule has 0 aliphatic rings. The molecule has 1 aromatic rings. The number of aliphatic hydroxyl groups is 2. The van der Waals surface area contributed by atoms with Crippen molar-refractivity contribution in [2.45, 2.75) is 25.7 Å². The zero-order chi connectivity index (χ0) is 11.5. The Morgan fingerprint density at radius 2 is 1.93 bits per heavy atom. The Kier molecular flexibility index (Phi) is 3.44. The summed E-state index contributed by atoms with van der Waals surface area (Å²) in [5.74, 6) is -0.401. The number of nitrogens with one attached hydrogen (secondary N) is 1. The van der Waals surface area contributed by atoms with Crippen molar-refractivity contribution in [3.63, 3.8) is 0 Å². The molecule has 0 aliphatic heterocycles. The Balaban J connectivity index is 3.07. The lowest BCUT2D eigenvalue weighted by Gasteiger charge is -2.31. The first-order chi connectivity index (χ1) is 6.97. The number of aliphatic hydroxyl groups excluding tert-OH is 1. The molecule has 1 amide bonds. The second kappa shape index (κ2) is 4.42. The molecule has 0 spiro atoms. The standard InChI is InChI=1S/C11H15NO3/c1-8(13)11(15,12-9(2)14)10-6-4-3-5-7-10/h3-8,13,15H,1-2H3,(H,12,14). The fourth-order valence-corrected chi connectivity index (χ4v) is 1.38. The van der Waals surface area contributed by atoms with E-state index < -0.39 is 17.7 Å². The predicted octanol–water partition coefficient (Wildman–Crippen LogP) is 0.349. The number of carbonyl (C=O) groups is 1. The summed E-state index contributed by atoms with van der Waals surface area (Å²) in [7, 11) is 0. The molecule has 15 heavy (non-hydrogen) atoms. The number of benzene rings is 1. The van der Waals surface area contributed by atoms with Crippen molar-refractivity contribution in [2.75, 3.05) is 0 Å². The molecule has 2 unspecified atom stereocenters. The van der Waals surface area contributed by atoms with Crippen molar-refractivity contribution in [3.05, 3.63) is 35.9 Å². The van der Waals surface area contributed by atoms with Gasteiger partial charge in [-0.2, -0.15) is 0 Å². The minimum Gasteiger partial charge on any atom is -0.388 e. The first-order valence-electron chi connectivity index (χ1n) is 4.71. The van der Waals surface area contributed by atoms with Crippen molar-refractivity contribution >= 4 is 5.91 Å². The quantitative estimate of drug-likeness (QED) is 0.629. The van der Waals surface area contributed by atoms with Gasteiger partial charge >= 0.3 is 0 Å². The Hall–Kier alpha value is -1.39. The van der Waals surface area contributed by atoms with Crippen molar-refractivity contribution in [1.82, 2.24) is 5.32 Å². The van der Waals surface area contributed by atoms with Crippen LogP contribution >= 0.6 is 0 Å². The van der Waals surface area contributed by atoms with Gasteiger partial charge in [-0.1, -0.05) is 30.3 Å². The topological polar surface area (TPSA) is 69.6 Å². The van der Waals surface area contributed by atoms with Gasteiger partial charge < -0.3 is 15.5 Å². The van der Waals surface area contributed by atoms with Gasteiger partial charge in [-0.15, -0.1) is 0 Å². The fraction of sp³-hybridized carbons (Fsp3) is 0.364. The summed E-state index contributed by atoms with van der Waals surface area (Å²) in [5.41, 5.74) is -1.28. The smallest absolute Gasteiger partial charge is 0.219 e. The van der Waals surface area contributed by atoms with E-state index in [4.69, 9.17) is 0 Å². The van der Waals surface area contributed by atoms with Crippen LogP contribution in [0.3, 0.4) is 0 Å². The van der Waals surface area contributed by atoms with Crippen LogP contribution in [0.2, 0.25) is 0 Å². The van der Waals surface area contributed by atoms with E-state index in [-0.39, 0.29) is 0 Å². The molecule has 82 valence electrons. The summed E-state index contributed by atoms with van der Waals surface area (Å²) in [5, 5.41) is 22.0. The molecule has 0 bridgehead atoms. The zero-order valence-electron chi connectivity index (χ0n) is 8.77. The van der Waals surface area contributed by atoms with E-state index in [2.05, 4.69) is 5.32 Å². The average molecular weight is 209 g/mol. The zero-order valence-corrected chi connectivity index (χ0v) is 8.77. The Bertz CT molecular complexity index is 337. The maximum atomic E-state index is 11.0. The van der Waals surface area contributed by atoms with Crippen molar-refractivity contribution in [1.29, 1.82) is 0 Å². The van der Waals surface area contributed by atoms with E-state index >= 15 is 0 Å². The maximum absolute atomic E-state index is 11.0. The third-order valence-electron chi connectivity index (χ3n) is 2.19. The average Bonchev–Trinajstić information content (AvgIpc) is 2.17. The van der Waals surface area contributed by atoms with Crippen LogP contribution in [0.5, 0.6) is 0 Å². The SMILES string of the molecule is CC(=O)NC(O)(c1ccccc1)C(C)O. The van der Waals surface area contributed by atoms with Gasteiger partial charge in [0.2, 0.25) is 5.91 Å². The highest BCUT2D eigenvalue weighted by Crippen LogP contribution is 2.21. The monoisotopic (exact) mass is 209 g/mol. The van der Waals surface area contributed by atoms with Crippen molar-refractivity contribution in [2.24, 2.45) is 0 Å². The Labute approximate surface area is 88.6 Å².